The quantitative estimate of drug-likeness (QED) is 0.758. The highest BCUT2D eigenvalue weighted by molar-refractivity contribution is 9.09. The number of hydrogen-bond donors (Lipinski definition) is 1. The highest BCUT2D eigenvalue weighted by Crippen LogP contribution is 2.29. The van der Waals surface area contributed by atoms with E-state index in [-0.39, 0.29) is 11.9 Å². The first-order valence-electron chi connectivity index (χ1n) is 5.48. The van der Waals surface area contributed by atoms with Gasteiger partial charge < -0.3 is 5.32 Å². The van der Waals surface area contributed by atoms with Crippen LogP contribution < -0.4 is 5.32 Å². The Kier molecular flexibility index (Phi) is 4.93. The average molecular weight is 262 g/mol. The lowest BCUT2D eigenvalue weighted by atomic mass is 9.83. The van der Waals surface area contributed by atoms with Gasteiger partial charge in [0.05, 0.1) is 0 Å². The molecule has 82 valence electrons. The fourth-order valence-electron chi connectivity index (χ4n) is 1.61. The van der Waals surface area contributed by atoms with Crippen molar-refractivity contribution in [1.29, 1.82) is 0 Å². The van der Waals surface area contributed by atoms with Crippen molar-refractivity contribution < 1.29 is 4.79 Å². The number of amides is 1. The summed E-state index contributed by atoms with van der Waals surface area (Å²) >= 11 is 3.43. The van der Waals surface area contributed by atoms with Crippen molar-refractivity contribution in [1.82, 2.24) is 5.32 Å². The molecule has 0 heterocycles. The van der Waals surface area contributed by atoms with Crippen LogP contribution >= 0.6 is 15.9 Å². The number of nitrogens with one attached hydrogen (secondary N) is 1. The molecular formula is C11H20BrNO. The Morgan fingerprint density at radius 3 is 2.50 bits per heavy atom. The van der Waals surface area contributed by atoms with Gasteiger partial charge in [0.15, 0.2) is 0 Å². The van der Waals surface area contributed by atoms with E-state index in [1.165, 1.54) is 19.3 Å². The van der Waals surface area contributed by atoms with Crippen LogP contribution in [0, 0.1) is 11.8 Å². The Labute approximate surface area is 95.0 Å². The minimum Gasteiger partial charge on any atom is -0.352 e. The molecule has 2 nitrogen and oxygen atoms in total. The Balaban J connectivity index is 2.23. The van der Waals surface area contributed by atoms with Gasteiger partial charge >= 0.3 is 0 Å². The van der Waals surface area contributed by atoms with Gasteiger partial charge in [0.1, 0.15) is 0 Å². The van der Waals surface area contributed by atoms with Crippen LogP contribution in [0.15, 0.2) is 0 Å². The molecule has 1 N–H and O–H groups in total. The summed E-state index contributed by atoms with van der Waals surface area (Å²) in [5.41, 5.74) is 0. The van der Waals surface area contributed by atoms with Gasteiger partial charge in [0.25, 0.3) is 0 Å². The van der Waals surface area contributed by atoms with Gasteiger partial charge in [-0.1, -0.05) is 36.2 Å². The maximum absolute atomic E-state index is 11.6. The van der Waals surface area contributed by atoms with Crippen LogP contribution in [0.3, 0.4) is 0 Å². The van der Waals surface area contributed by atoms with E-state index in [0.717, 1.165) is 11.8 Å². The van der Waals surface area contributed by atoms with Gasteiger partial charge in [-0.15, -0.1) is 0 Å². The molecule has 1 saturated carbocycles. The highest BCUT2D eigenvalue weighted by atomic mass is 79.9. The first-order chi connectivity index (χ1) is 6.63. The molecule has 1 aliphatic rings. The second-order valence-electron chi connectivity index (χ2n) is 4.57. The molecule has 1 fully saturated rings. The summed E-state index contributed by atoms with van der Waals surface area (Å²) in [5.74, 6) is 1.39. The van der Waals surface area contributed by atoms with E-state index >= 15 is 0 Å². The van der Waals surface area contributed by atoms with Crippen molar-refractivity contribution in [3.8, 4) is 0 Å². The second kappa shape index (κ2) is 5.74. The first kappa shape index (κ1) is 12.0. The third-order valence-electron chi connectivity index (χ3n) is 3.02. The van der Waals surface area contributed by atoms with Crippen LogP contribution in [0.1, 0.15) is 39.5 Å². The Morgan fingerprint density at radius 1 is 1.50 bits per heavy atom. The molecule has 0 spiro atoms. The monoisotopic (exact) mass is 261 g/mol. The van der Waals surface area contributed by atoms with Crippen LogP contribution in [0.2, 0.25) is 0 Å². The second-order valence-corrected chi connectivity index (χ2v) is 5.22. The van der Waals surface area contributed by atoms with Gasteiger partial charge in [-0.3, -0.25) is 4.79 Å². The van der Waals surface area contributed by atoms with Gasteiger partial charge in [0.2, 0.25) is 5.91 Å². The lowest BCUT2D eigenvalue weighted by Crippen LogP contribution is -2.40. The normalized spacial score (nSPS) is 19.1. The predicted molar refractivity (Wildman–Crippen MR) is 62.5 cm³/mol. The van der Waals surface area contributed by atoms with Crippen LogP contribution in [0.5, 0.6) is 0 Å². The molecular weight excluding hydrogens is 242 g/mol. The topological polar surface area (TPSA) is 29.1 Å². The lowest BCUT2D eigenvalue weighted by molar-refractivity contribution is -0.123. The van der Waals surface area contributed by atoms with Crippen molar-refractivity contribution in [3.63, 3.8) is 0 Å². The molecule has 0 aliphatic heterocycles. The highest BCUT2D eigenvalue weighted by Gasteiger charge is 2.22. The standard InChI is InChI=1S/C11H20BrNO/c1-8(2)10(7-12)13-11(14)6-9-4-3-5-9/h8-10H,3-7H2,1-2H3,(H,13,14). The smallest absolute Gasteiger partial charge is 0.220 e. The van der Waals surface area contributed by atoms with Gasteiger partial charge in [-0.25, -0.2) is 0 Å². The molecule has 0 radical (unpaired) electrons. The van der Waals surface area contributed by atoms with E-state index in [1.54, 1.807) is 0 Å². The van der Waals surface area contributed by atoms with Crippen LogP contribution in [-0.4, -0.2) is 17.3 Å². The summed E-state index contributed by atoms with van der Waals surface area (Å²) in [6, 6.07) is 0.280. The molecule has 0 aromatic heterocycles. The molecule has 0 saturated heterocycles. The molecule has 1 aliphatic carbocycles. The zero-order valence-electron chi connectivity index (χ0n) is 9.05. The lowest BCUT2D eigenvalue weighted by Gasteiger charge is -2.26. The Morgan fingerprint density at radius 2 is 2.14 bits per heavy atom. The third-order valence-corrected chi connectivity index (χ3v) is 3.71. The van der Waals surface area contributed by atoms with Crippen LogP contribution in [-0.2, 0) is 4.79 Å². The van der Waals surface area contributed by atoms with Crippen molar-refractivity contribution >= 4 is 21.8 Å². The molecule has 3 heteroatoms. The van der Waals surface area contributed by atoms with Gasteiger partial charge in [-0.05, 0) is 24.7 Å². The number of alkyl halides is 1. The van der Waals surface area contributed by atoms with E-state index in [9.17, 15) is 4.79 Å². The minimum atomic E-state index is 0.229. The number of carbonyl (C=O) groups is 1. The Bertz CT molecular complexity index is 190. The number of rotatable bonds is 5. The summed E-state index contributed by atoms with van der Waals surface area (Å²) in [5, 5.41) is 3.93. The maximum atomic E-state index is 11.6. The molecule has 0 aromatic rings. The van der Waals surface area contributed by atoms with E-state index in [2.05, 4.69) is 35.1 Å². The van der Waals surface area contributed by atoms with Gasteiger partial charge in [0, 0.05) is 17.8 Å². The molecule has 1 atom stereocenters. The van der Waals surface area contributed by atoms with E-state index in [4.69, 9.17) is 0 Å². The van der Waals surface area contributed by atoms with Crippen LogP contribution in [0.4, 0.5) is 0 Å². The fourth-order valence-corrected chi connectivity index (χ4v) is 2.52. The van der Waals surface area contributed by atoms with Gasteiger partial charge in [-0.2, -0.15) is 0 Å². The minimum absolute atomic E-state index is 0.229. The SMILES string of the molecule is CC(C)C(CBr)NC(=O)CC1CCC1. The van der Waals surface area contributed by atoms with Crippen molar-refractivity contribution in [3.05, 3.63) is 0 Å². The summed E-state index contributed by atoms with van der Waals surface area (Å²) in [4.78, 5) is 11.6. The molecule has 1 unspecified atom stereocenters. The zero-order valence-corrected chi connectivity index (χ0v) is 10.6. The zero-order chi connectivity index (χ0) is 10.6. The molecule has 1 amide bonds. The largest absolute Gasteiger partial charge is 0.352 e. The van der Waals surface area contributed by atoms with Crippen molar-refractivity contribution in [2.45, 2.75) is 45.6 Å². The average Bonchev–Trinajstić information content (AvgIpc) is 2.07. The fraction of sp³-hybridized carbons (Fsp3) is 0.909. The van der Waals surface area contributed by atoms with Crippen molar-refractivity contribution in [2.24, 2.45) is 11.8 Å². The predicted octanol–water partition coefficient (Wildman–Crippen LogP) is 2.71. The summed E-state index contributed by atoms with van der Waals surface area (Å²) in [6.45, 7) is 4.27. The van der Waals surface area contributed by atoms with Crippen molar-refractivity contribution in [2.75, 3.05) is 5.33 Å². The van der Waals surface area contributed by atoms with E-state index < -0.39 is 0 Å². The summed E-state index contributed by atoms with van der Waals surface area (Å²) in [6.07, 6.45) is 4.53. The molecule has 14 heavy (non-hydrogen) atoms. The third kappa shape index (κ3) is 3.60. The molecule has 1 rings (SSSR count). The van der Waals surface area contributed by atoms with E-state index in [1.807, 2.05) is 0 Å². The van der Waals surface area contributed by atoms with Crippen LogP contribution in [0.25, 0.3) is 0 Å². The number of carbonyl (C=O) groups excluding carboxylic acids is 1. The van der Waals surface area contributed by atoms with E-state index in [0.29, 0.717) is 11.8 Å². The molecule has 0 bridgehead atoms. The maximum Gasteiger partial charge on any atom is 0.220 e. The summed E-state index contributed by atoms with van der Waals surface area (Å²) in [7, 11) is 0. The number of hydrogen-bond acceptors (Lipinski definition) is 1. The summed E-state index contributed by atoms with van der Waals surface area (Å²) < 4.78 is 0. The Hall–Kier alpha value is -0.0500. The molecule has 0 aromatic carbocycles. The number of halogens is 1. The first-order valence-corrected chi connectivity index (χ1v) is 6.61.